The van der Waals surface area contributed by atoms with Crippen molar-refractivity contribution in [2.24, 2.45) is 0 Å². The van der Waals surface area contributed by atoms with Crippen molar-refractivity contribution in [3.63, 3.8) is 0 Å². The van der Waals surface area contributed by atoms with E-state index in [9.17, 15) is 9.59 Å². The SMILES string of the molecule is COc1cc(OC)cc(C(=O)N(CCC(=O)N2CCNCC2)C[C@@H](C)c2ccccc2)c1. The van der Waals surface area contributed by atoms with Crippen LogP contribution in [0.1, 0.15) is 35.2 Å². The predicted molar refractivity (Wildman–Crippen MR) is 124 cm³/mol. The van der Waals surface area contributed by atoms with Gasteiger partial charge in [0.25, 0.3) is 5.91 Å². The minimum Gasteiger partial charge on any atom is -0.497 e. The lowest BCUT2D eigenvalue weighted by atomic mass is 10.00. The number of hydrogen-bond donors (Lipinski definition) is 1. The molecule has 2 aromatic carbocycles. The number of amides is 2. The number of nitrogens with zero attached hydrogens (tertiary/aromatic N) is 2. The molecule has 1 heterocycles. The number of ether oxygens (including phenoxy) is 2. The molecule has 1 N–H and O–H groups in total. The molecule has 1 aliphatic rings. The van der Waals surface area contributed by atoms with Gasteiger partial charge in [-0.05, 0) is 23.6 Å². The van der Waals surface area contributed by atoms with E-state index in [0.717, 1.165) is 18.7 Å². The summed E-state index contributed by atoms with van der Waals surface area (Å²) in [6.45, 7) is 6.00. The molecule has 0 bridgehead atoms. The molecule has 1 aliphatic heterocycles. The van der Waals surface area contributed by atoms with Crippen LogP contribution >= 0.6 is 0 Å². The van der Waals surface area contributed by atoms with Gasteiger partial charge in [-0.2, -0.15) is 0 Å². The van der Waals surface area contributed by atoms with Gasteiger partial charge < -0.3 is 24.6 Å². The van der Waals surface area contributed by atoms with Gasteiger partial charge in [0.1, 0.15) is 11.5 Å². The number of piperazine rings is 1. The van der Waals surface area contributed by atoms with Crippen molar-refractivity contribution in [3.8, 4) is 11.5 Å². The minimum absolute atomic E-state index is 0.0832. The van der Waals surface area contributed by atoms with Crippen LogP contribution in [0, 0.1) is 0 Å². The highest BCUT2D eigenvalue weighted by Gasteiger charge is 2.23. The molecule has 0 aliphatic carbocycles. The van der Waals surface area contributed by atoms with E-state index < -0.39 is 0 Å². The Morgan fingerprint density at radius 1 is 1.03 bits per heavy atom. The van der Waals surface area contributed by atoms with E-state index in [0.29, 0.717) is 49.7 Å². The number of rotatable bonds is 9. The summed E-state index contributed by atoms with van der Waals surface area (Å²) in [7, 11) is 3.12. The molecule has 2 aromatic rings. The van der Waals surface area contributed by atoms with Crippen LogP contribution in [0.15, 0.2) is 48.5 Å². The fraction of sp³-hybridized carbons (Fsp3) is 0.440. The summed E-state index contributed by atoms with van der Waals surface area (Å²) in [5, 5.41) is 3.26. The third-order valence-corrected chi connectivity index (χ3v) is 5.81. The molecule has 3 rings (SSSR count). The molecule has 2 amide bonds. The van der Waals surface area contributed by atoms with Gasteiger partial charge in [0, 0.05) is 57.3 Å². The second-order valence-electron chi connectivity index (χ2n) is 8.05. The topological polar surface area (TPSA) is 71.1 Å². The Bertz CT molecular complexity index is 875. The molecule has 172 valence electrons. The highest BCUT2D eigenvalue weighted by atomic mass is 16.5. The summed E-state index contributed by atoms with van der Waals surface area (Å²) in [6, 6.07) is 15.3. The first kappa shape index (κ1) is 23.6. The molecule has 1 saturated heterocycles. The molecule has 0 aromatic heterocycles. The van der Waals surface area contributed by atoms with Crippen molar-refractivity contribution >= 4 is 11.8 Å². The Labute approximate surface area is 190 Å². The minimum atomic E-state index is -0.141. The number of methoxy groups -OCH3 is 2. The third kappa shape index (κ3) is 6.23. The maximum Gasteiger partial charge on any atom is 0.254 e. The van der Waals surface area contributed by atoms with Gasteiger partial charge in [0.15, 0.2) is 0 Å². The van der Waals surface area contributed by atoms with Crippen molar-refractivity contribution in [3.05, 3.63) is 59.7 Å². The first-order chi connectivity index (χ1) is 15.5. The smallest absolute Gasteiger partial charge is 0.254 e. The summed E-state index contributed by atoms with van der Waals surface area (Å²) < 4.78 is 10.7. The van der Waals surface area contributed by atoms with E-state index >= 15 is 0 Å². The maximum atomic E-state index is 13.5. The molecule has 0 spiro atoms. The maximum absolute atomic E-state index is 13.5. The number of hydrogen-bond acceptors (Lipinski definition) is 5. The Kier molecular flexibility index (Phi) is 8.50. The molecule has 1 fully saturated rings. The normalized spacial score (nSPS) is 14.5. The lowest BCUT2D eigenvalue weighted by Crippen LogP contribution is -2.47. The average molecular weight is 440 g/mol. The van der Waals surface area contributed by atoms with Gasteiger partial charge in [0.05, 0.1) is 14.2 Å². The van der Waals surface area contributed by atoms with Crippen molar-refractivity contribution in [2.75, 3.05) is 53.5 Å². The average Bonchev–Trinajstić information content (AvgIpc) is 2.86. The van der Waals surface area contributed by atoms with Crippen LogP contribution in [0.25, 0.3) is 0 Å². The van der Waals surface area contributed by atoms with Crippen LogP contribution in [0.5, 0.6) is 11.5 Å². The monoisotopic (exact) mass is 439 g/mol. The van der Waals surface area contributed by atoms with E-state index in [1.165, 1.54) is 0 Å². The van der Waals surface area contributed by atoms with Crippen molar-refractivity contribution in [1.82, 2.24) is 15.1 Å². The Morgan fingerprint density at radius 3 is 2.25 bits per heavy atom. The molecule has 7 nitrogen and oxygen atoms in total. The lowest BCUT2D eigenvalue weighted by molar-refractivity contribution is -0.131. The zero-order valence-electron chi connectivity index (χ0n) is 19.2. The molecular weight excluding hydrogens is 406 g/mol. The standard InChI is InChI=1S/C25H33N3O4/c1-19(20-7-5-4-6-8-20)18-28(12-9-24(29)27-13-10-26-11-14-27)25(30)21-15-22(31-2)17-23(16-21)32-3/h4-8,15-17,19,26H,9-14,18H2,1-3H3/t19-/m1/s1. The van der Waals surface area contributed by atoms with Gasteiger partial charge >= 0.3 is 0 Å². The molecule has 0 saturated carbocycles. The van der Waals surface area contributed by atoms with Crippen LogP contribution in [0.3, 0.4) is 0 Å². The Balaban J connectivity index is 1.78. The lowest BCUT2D eigenvalue weighted by Gasteiger charge is -2.30. The Morgan fingerprint density at radius 2 is 1.66 bits per heavy atom. The quantitative estimate of drug-likeness (QED) is 0.651. The van der Waals surface area contributed by atoms with Crippen molar-refractivity contribution in [1.29, 1.82) is 0 Å². The zero-order chi connectivity index (χ0) is 22.9. The second-order valence-corrected chi connectivity index (χ2v) is 8.05. The predicted octanol–water partition coefficient (Wildman–Crippen LogP) is 2.77. The molecule has 1 atom stereocenters. The van der Waals surface area contributed by atoms with E-state index in [4.69, 9.17) is 9.47 Å². The first-order valence-electron chi connectivity index (χ1n) is 11.1. The van der Waals surface area contributed by atoms with Gasteiger partial charge in [-0.1, -0.05) is 37.3 Å². The molecule has 0 unspecified atom stereocenters. The summed E-state index contributed by atoms with van der Waals surface area (Å²) in [6.07, 6.45) is 0.300. The summed E-state index contributed by atoms with van der Waals surface area (Å²) >= 11 is 0. The van der Waals surface area contributed by atoms with Crippen molar-refractivity contribution in [2.45, 2.75) is 19.3 Å². The van der Waals surface area contributed by atoms with Gasteiger partial charge in [-0.3, -0.25) is 9.59 Å². The van der Waals surface area contributed by atoms with Gasteiger partial charge in [-0.15, -0.1) is 0 Å². The van der Waals surface area contributed by atoms with Crippen LogP contribution in [0.4, 0.5) is 0 Å². The summed E-state index contributed by atoms with van der Waals surface area (Å²) in [5.74, 6) is 1.18. The highest BCUT2D eigenvalue weighted by Crippen LogP contribution is 2.25. The van der Waals surface area contributed by atoms with Crippen LogP contribution < -0.4 is 14.8 Å². The van der Waals surface area contributed by atoms with E-state index in [-0.39, 0.29) is 17.7 Å². The van der Waals surface area contributed by atoms with E-state index in [1.54, 1.807) is 37.3 Å². The summed E-state index contributed by atoms with van der Waals surface area (Å²) in [5.41, 5.74) is 1.64. The number of benzene rings is 2. The highest BCUT2D eigenvalue weighted by molar-refractivity contribution is 5.95. The van der Waals surface area contributed by atoms with Crippen LogP contribution in [-0.2, 0) is 4.79 Å². The zero-order valence-corrected chi connectivity index (χ0v) is 19.2. The molecule has 0 radical (unpaired) electrons. The molecule has 32 heavy (non-hydrogen) atoms. The van der Waals surface area contributed by atoms with Gasteiger partial charge in [0.2, 0.25) is 5.91 Å². The second kappa shape index (κ2) is 11.5. The third-order valence-electron chi connectivity index (χ3n) is 5.81. The van der Waals surface area contributed by atoms with Gasteiger partial charge in [-0.25, -0.2) is 0 Å². The van der Waals surface area contributed by atoms with Crippen LogP contribution in [-0.4, -0.2) is 75.1 Å². The number of carbonyl (C=O) groups is 2. The largest absolute Gasteiger partial charge is 0.497 e. The summed E-state index contributed by atoms with van der Waals surface area (Å²) in [4.78, 5) is 29.9. The molecule has 7 heteroatoms. The van der Waals surface area contributed by atoms with Crippen molar-refractivity contribution < 1.29 is 19.1 Å². The Hall–Kier alpha value is -3.06. The fourth-order valence-electron chi connectivity index (χ4n) is 3.91. The van der Waals surface area contributed by atoms with E-state index in [2.05, 4.69) is 24.4 Å². The fourth-order valence-corrected chi connectivity index (χ4v) is 3.91. The molecular formula is C25H33N3O4. The number of nitrogens with one attached hydrogen (secondary N) is 1. The first-order valence-corrected chi connectivity index (χ1v) is 11.1. The number of carbonyl (C=O) groups excluding carboxylic acids is 2. The van der Waals surface area contributed by atoms with Crippen LogP contribution in [0.2, 0.25) is 0 Å². The van der Waals surface area contributed by atoms with E-state index in [1.807, 2.05) is 23.1 Å².